The number of rotatable bonds is 6. The number of hydrogen-bond acceptors (Lipinski definition) is 3. The van der Waals surface area contributed by atoms with E-state index in [0.717, 1.165) is 0 Å². The van der Waals surface area contributed by atoms with Crippen molar-refractivity contribution in [2.45, 2.75) is 6.10 Å². The van der Waals surface area contributed by atoms with Crippen LogP contribution in [0.3, 0.4) is 0 Å². The normalized spacial score (nSPS) is 12.7. The standard InChI is InChI=1S/C14H17Cl2NO3/c1-17(8-12(18)9-20-2)14(19)6-4-10-3-5-11(15)7-13(10)16/h3-7,12,18H,8-9H2,1-2H3. The van der Waals surface area contributed by atoms with Crippen molar-refractivity contribution in [2.24, 2.45) is 0 Å². The smallest absolute Gasteiger partial charge is 0.246 e. The van der Waals surface area contributed by atoms with E-state index >= 15 is 0 Å². The molecule has 1 atom stereocenters. The van der Waals surface area contributed by atoms with E-state index in [1.165, 1.54) is 18.1 Å². The van der Waals surface area contributed by atoms with Gasteiger partial charge in [-0.1, -0.05) is 29.3 Å². The van der Waals surface area contributed by atoms with Gasteiger partial charge in [0.2, 0.25) is 5.91 Å². The Labute approximate surface area is 128 Å². The molecular weight excluding hydrogens is 301 g/mol. The van der Waals surface area contributed by atoms with Crippen LogP contribution in [0.25, 0.3) is 6.08 Å². The predicted octanol–water partition coefficient (Wildman–Crippen LogP) is 2.47. The first-order chi connectivity index (χ1) is 9.43. The number of ether oxygens (including phenoxy) is 1. The first-order valence-corrected chi connectivity index (χ1v) is 6.75. The van der Waals surface area contributed by atoms with Gasteiger partial charge in [-0.2, -0.15) is 0 Å². The summed E-state index contributed by atoms with van der Waals surface area (Å²) in [6, 6.07) is 5.04. The molecule has 1 rings (SSSR count). The Balaban J connectivity index is 2.62. The van der Waals surface area contributed by atoms with Gasteiger partial charge in [-0.15, -0.1) is 0 Å². The van der Waals surface area contributed by atoms with Crippen molar-refractivity contribution >= 4 is 35.2 Å². The van der Waals surface area contributed by atoms with Crippen LogP contribution in [0.1, 0.15) is 5.56 Å². The zero-order chi connectivity index (χ0) is 15.1. The fourth-order valence-electron chi connectivity index (χ4n) is 1.58. The summed E-state index contributed by atoms with van der Waals surface area (Å²) in [5.41, 5.74) is 0.704. The van der Waals surface area contributed by atoms with Crippen LogP contribution in [0.4, 0.5) is 0 Å². The van der Waals surface area contributed by atoms with E-state index < -0.39 is 6.10 Å². The molecule has 4 nitrogen and oxygen atoms in total. The number of carbonyl (C=O) groups is 1. The molecule has 0 saturated heterocycles. The van der Waals surface area contributed by atoms with Gasteiger partial charge in [0, 0.05) is 36.8 Å². The molecule has 1 amide bonds. The first kappa shape index (κ1) is 17.0. The van der Waals surface area contributed by atoms with Crippen LogP contribution in [0, 0.1) is 0 Å². The van der Waals surface area contributed by atoms with Crippen LogP contribution in [-0.2, 0) is 9.53 Å². The fraction of sp³-hybridized carbons (Fsp3) is 0.357. The molecule has 1 N–H and O–H groups in total. The van der Waals surface area contributed by atoms with Crippen LogP contribution >= 0.6 is 23.2 Å². The van der Waals surface area contributed by atoms with Crippen molar-refractivity contribution in [1.29, 1.82) is 0 Å². The molecule has 0 fully saturated rings. The monoisotopic (exact) mass is 317 g/mol. The van der Waals surface area contributed by atoms with Crippen LogP contribution in [0.15, 0.2) is 24.3 Å². The maximum atomic E-state index is 11.9. The highest BCUT2D eigenvalue weighted by atomic mass is 35.5. The van der Waals surface area contributed by atoms with Crippen molar-refractivity contribution in [3.63, 3.8) is 0 Å². The number of amides is 1. The fourth-order valence-corrected chi connectivity index (χ4v) is 2.05. The second kappa shape index (κ2) is 8.27. The van der Waals surface area contributed by atoms with Gasteiger partial charge in [0.05, 0.1) is 12.7 Å². The third-order valence-corrected chi connectivity index (χ3v) is 3.15. The predicted molar refractivity (Wildman–Crippen MR) is 81.0 cm³/mol. The Morgan fingerprint density at radius 1 is 1.50 bits per heavy atom. The van der Waals surface area contributed by atoms with E-state index in [0.29, 0.717) is 15.6 Å². The highest BCUT2D eigenvalue weighted by Crippen LogP contribution is 2.21. The summed E-state index contributed by atoms with van der Waals surface area (Å²) in [5.74, 6) is -0.230. The summed E-state index contributed by atoms with van der Waals surface area (Å²) < 4.78 is 4.80. The Bertz CT molecular complexity index is 491. The molecule has 0 aliphatic rings. The SMILES string of the molecule is COCC(O)CN(C)C(=O)C=Cc1ccc(Cl)cc1Cl. The topological polar surface area (TPSA) is 49.8 Å². The first-order valence-electron chi connectivity index (χ1n) is 5.99. The number of methoxy groups -OCH3 is 1. The summed E-state index contributed by atoms with van der Waals surface area (Å²) in [4.78, 5) is 13.3. The molecule has 1 aromatic rings. The van der Waals surface area contributed by atoms with E-state index in [4.69, 9.17) is 27.9 Å². The van der Waals surface area contributed by atoms with Gasteiger partial charge in [0.1, 0.15) is 0 Å². The summed E-state index contributed by atoms with van der Waals surface area (Å²) >= 11 is 11.8. The van der Waals surface area contributed by atoms with Gasteiger partial charge in [0.15, 0.2) is 0 Å². The van der Waals surface area contributed by atoms with E-state index in [1.54, 1.807) is 31.3 Å². The molecule has 20 heavy (non-hydrogen) atoms. The molecule has 0 saturated carbocycles. The average molecular weight is 318 g/mol. The zero-order valence-corrected chi connectivity index (χ0v) is 12.9. The molecule has 0 radical (unpaired) electrons. The Kier molecular flexibility index (Phi) is 7.02. The molecule has 0 aromatic heterocycles. The number of halogens is 2. The molecule has 0 aliphatic heterocycles. The number of carbonyl (C=O) groups excluding carboxylic acids is 1. The third-order valence-electron chi connectivity index (χ3n) is 2.59. The van der Waals surface area contributed by atoms with Crippen molar-refractivity contribution in [2.75, 3.05) is 27.3 Å². The number of nitrogens with zero attached hydrogens (tertiary/aromatic N) is 1. The number of aliphatic hydroxyl groups excluding tert-OH is 1. The summed E-state index contributed by atoms with van der Waals surface area (Å²) in [6.07, 6.45) is 2.30. The quantitative estimate of drug-likeness (QED) is 0.820. The minimum Gasteiger partial charge on any atom is -0.389 e. The molecule has 0 spiro atoms. The highest BCUT2D eigenvalue weighted by molar-refractivity contribution is 6.35. The van der Waals surface area contributed by atoms with Gasteiger partial charge in [0.25, 0.3) is 0 Å². The number of benzene rings is 1. The molecule has 110 valence electrons. The van der Waals surface area contributed by atoms with Gasteiger partial charge in [-0.05, 0) is 23.8 Å². The number of likely N-dealkylation sites (N-methyl/N-ethyl adjacent to an activating group) is 1. The zero-order valence-electron chi connectivity index (χ0n) is 11.3. The van der Waals surface area contributed by atoms with Crippen LogP contribution in [0.5, 0.6) is 0 Å². The van der Waals surface area contributed by atoms with E-state index in [2.05, 4.69) is 0 Å². The second-order valence-corrected chi connectivity index (χ2v) is 5.17. The number of hydrogen-bond donors (Lipinski definition) is 1. The van der Waals surface area contributed by atoms with Gasteiger partial charge < -0.3 is 14.7 Å². The minimum absolute atomic E-state index is 0.185. The van der Waals surface area contributed by atoms with Crippen molar-refractivity contribution in [3.05, 3.63) is 39.9 Å². The molecule has 1 unspecified atom stereocenters. The van der Waals surface area contributed by atoms with Crippen LogP contribution in [-0.4, -0.2) is 49.3 Å². The second-order valence-electron chi connectivity index (χ2n) is 4.33. The van der Waals surface area contributed by atoms with Crippen LogP contribution < -0.4 is 0 Å². The lowest BCUT2D eigenvalue weighted by Gasteiger charge is -2.18. The van der Waals surface area contributed by atoms with E-state index in [9.17, 15) is 9.90 Å². The lowest BCUT2D eigenvalue weighted by molar-refractivity contribution is -0.126. The van der Waals surface area contributed by atoms with E-state index in [-0.39, 0.29) is 19.1 Å². The molecule has 0 aliphatic carbocycles. The lowest BCUT2D eigenvalue weighted by Crippen LogP contribution is -2.35. The summed E-state index contributed by atoms with van der Waals surface area (Å²) in [7, 11) is 3.10. The van der Waals surface area contributed by atoms with Crippen molar-refractivity contribution < 1.29 is 14.6 Å². The molecule has 0 bridgehead atoms. The van der Waals surface area contributed by atoms with Crippen LogP contribution in [0.2, 0.25) is 10.0 Å². The van der Waals surface area contributed by atoms with E-state index in [1.807, 2.05) is 0 Å². The Morgan fingerprint density at radius 3 is 2.80 bits per heavy atom. The molecular formula is C14H17Cl2NO3. The molecule has 0 heterocycles. The Hall–Kier alpha value is -1.07. The lowest BCUT2D eigenvalue weighted by atomic mass is 10.2. The summed E-state index contributed by atoms with van der Waals surface area (Å²) in [6.45, 7) is 0.385. The van der Waals surface area contributed by atoms with Gasteiger partial charge in [-0.25, -0.2) is 0 Å². The van der Waals surface area contributed by atoms with Gasteiger partial charge in [-0.3, -0.25) is 4.79 Å². The maximum Gasteiger partial charge on any atom is 0.246 e. The largest absolute Gasteiger partial charge is 0.389 e. The van der Waals surface area contributed by atoms with Crippen molar-refractivity contribution in [3.8, 4) is 0 Å². The minimum atomic E-state index is -0.707. The molecule has 6 heteroatoms. The average Bonchev–Trinajstić information content (AvgIpc) is 2.37. The summed E-state index contributed by atoms with van der Waals surface area (Å²) in [5, 5.41) is 10.6. The van der Waals surface area contributed by atoms with Gasteiger partial charge >= 0.3 is 0 Å². The van der Waals surface area contributed by atoms with Crippen molar-refractivity contribution in [1.82, 2.24) is 4.90 Å². The molecule has 1 aromatic carbocycles. The maximum absolute atomic E-state index is 11.9. The third kappa shape index (κ3) is 5.51. The highest BCUT2D eigenvalue weighted by Gasteiger charge is 2.11. The number of aliphatic hydroxyl groups is 1. The Morgan fingerprint density at radius 2 is 2.20 bits per heavy atom.